The Morgan fingerprint density at radius 1 is 0.906 bits per heavy atom. The van der Waals surface area contributed by atoms with Crippen molar-refractivity contribution in [3.8, 4) is 5.75 Å². The molecule has 0 aliphatic carbocycles. The predicted octanol–water partition coefficient (Wildman–Crippen LogP) is 3.67. The van der Waals surface area contributed by atoms with Crippen molar-refractivity contribution in [3.05, 3.63) is 71.8 Å². The Bertz CT molecular complexity index is 1150. The number of para-hydroxylation sites is 1. The molecule has 2 amide bonds. The summed E-state index contributed by atoms with van der Waals surface area (Å²) in [7, 11) is 0. The highest BCUT2D eigenvalue weighted by Crippen LogP contribution is 2.29. The topological polar surface area (TPSA) is 59.1 Å². The van der Waals surface area contributed by atoms with Crippen molar-refractivity contribution in [2.24, 2.45) is 0 Å². The van der Waals surface area contributed by atoms with Gasteiger partial charge < -0.3 is 19.3 Å². The molecule has 3 aromatic carbocycles. The van der Waals surface area contributed by atoms with Gasteiger partial charge in [0.1, 0.15) is 5.75 Å². The molecule has 5 rings (SSSR count). The van der Waals surface area contributed by atoms with Gasteiger partial charge in [0.05, 0.1) is 18.8 Å². The van der Waals surface area contributed by atoms with Gasteiger partial charge in [-0.15, -0.1) is 0 Å². The van der Waals surface area contributed by atoms with Crippen LogP contribution < -0.4 is 9.64 Å². The van der Waals surface area contributed by atoms with E-state index in [1.807, 2.05) is 54.6 Å². The molecule has 3 aromatic rings. The lowest BCUT2D eigenvalue weighted by atomic mass is 10.0. The van der Waals surface area contributed by atoms with E-state index >= 15 is 0 Å². The molecular formula is C26H26N2O4. The van der Waals surface area contributed by atoms with Crippen LogP contribution in [-0.4, -0.2) is 56.2 Å². The van der Waals surface area contributed by atoms with E-state index in [0.29, 0.717) is 44.2 Å². The van der Waals surface area contributed by atoms with Crippen LogP contribution >= 0.6 is 0 Å². The molecule has 0 saturated carbocycles. The third-order valence-electron chi connectivity index (χ3n) is 6.14. The fourth-order valence-corrected chi connectivity index (χ4v) is 4.45. The SMILES string of the molecule is O=C(c1cc2ccccc2cc1OCC(=O)N1CCCc2ccccc21)N1CCOCC1. The number of nitrogens with zero attached hydrogens (tertiary/aromatic N) is 2. The molecule has 1 fully saturated rings. The molecule has 164 valence electrons. The van der Waals surface area contributed by atoms with Crippen LogP contribution in [0.5, 0.6) is 5.75 Å². The molecule has 0 atom stereocenters. The van der Waals surface area contributed by atoms with Gasteiger partial charge in [0, 0.05) is 25.3 Å². The van der Waals surface area contributed by atoms with Crippen molar-refractivity contribution >= 4 is 28.3 Å². The third kappa shape index (κ3) is 4.06. The molecule has 6 heteroatoms. The largest absolute Gasteiger partial charge is 0.483 e. The van der Waals surface area contributed by atoms with Crippen LogP contribution in [0.25, 0.3) is 10.8 Å². The van der Waals surface area contributed by atoms with E-state index in [-0.39, 0.29) is 18.4 Å². The first-order chi connectivity index (χ1) is 15.7. The molecule has 0 bridgehead atoms. The number of aryl methyl sites for hydroxylation is 1. The van der Waals surface area contributed by atoms with Gasteiger partial charge in [-0.1, -0.05) is 42.5 Å². The second-order valence-corrected chi connectivity index (χ2v) is 8.17. The van der Waals surface area contributed by atoms with Gasteiger partial charge in [0.2, 0.25) is 0 Å². The van der Waals surface area contributed by atoms with Crippen LogP contribution in [0.3, 0.4) is 0 Å². The standard InChI is InChI=1S/C26H26N2O4/c29-25(28-11-5-9-19-6-3-4-10-23(19)28)18-32-24-17-21-8-2-1-7-20(21)16-22(24)26(30)27-12-14-31-15-13-27/h1-4,6-8,10,16-17H,5,9,11-15,18H2. The van der Waals surface area contributed by atoms with Gasteiger partial charge in [0.15, 0.2) is 6.61 Å². The van der Waals surface area contributed by atoms with Gasteiger partial charge in [0.25, 0.3) is 11.8 Å². The minimum atomic E-state index is -0.115. The van der Waals surface area contributed by atoms with Crippen LogP contribution in [0.4, 0.5) is 5.69 Å². The molecule has 2 aliphatic rings. The van der Waals surface area contributed by atoms with E-state index < -0.39 is 0 Å². The fourth-order valence-electron chi connectivity index (χ4n) is 4.45. The summed E-state index contributed by atoms with van der Waals surface area (Å²) in [5.41, 5.74) is 2.62. The number of carbonyl (C=O) groups excluding carboxylic acids is 2. The summed E-state index contributed by atoms with van der Waals surface area (Å²) in [6.45, 7) is 2.72. The van der Waals surface area contributed by atoms with E-state index in [2.05, 4.69) is 6.07 Å². The van der Waals surface area contributed by atoms with Crippen LogP contribution in [0.2, 0.25) is 0 Å². The number of carbonyl (C=O) groups is 2. The number of morpholine rings is 1. The highest BCUT2D eigenvalue weighted by Gasteiger charge is 2.25. The summed E-state index contributed by atoms with van der Waals surface area (Å²) >= 11 is 0. The Morgan fingerprint density at radius 2 is 1.62 bits per heavy atom. The summed E-state index contributed by atoms with van der Waals surface area (Å²) in [6, 6.07) is 19.6. The number of hydrogen-bond donors (Lipinski definition) is 0. The highest BCUT2D eigenvalue weighted by molar-refractivity contribution is 6.02. The van der Waals surface area contributed by atoms with Crippen molar-refractivity contribution in [2.45, 2.75) is 12.8 Å². The third-order valence-corrected chi connectivity index (χ3v) is 6.14. The van der Waals surface area contributed by atoms with Gasteiger partial charge in [-0.05, 0) is 47.4 Å². The quantitative estimate of drug-likeness (QED) is 0.634. The molecular weight excluding hydrogens is 404 g/mol. The zero-order chi connectivity index (χ0) is 21.9. The molecule has 0 aromatic heterocycles. The van der Waals surface area contributed by atoms with E-state index in [4.69, 9.17) is 9.47 Å². The van der Waals surface area contributed by atoms with Crippen molar-refractivity contribution in [2.75, 3.05) is 44.4 Å². The Labute approximate surface area is 187 Å². The second-order valence-electron chi connectivity index (χ2n) is 8.17. The summed E-state index contributed by atoms with van der Waals surface area (Å²) in [6.07, 6.45) is 1.91. The number of hydrogen-bond acceptors (Lipinski definition) is 4. The van der Waals surface area contributed by atoms with Crippen molar-refractivity contribution < 1.29 is 19.1 Å². The number of rotatable bonds is 4. The minimum Gasteiger partial charge on any atom is -0.483 e. The monoisotopic (exact) mass is 430 g/mol. The Balaban J connectivity index is 1.41. The normalized spacial score (nSPS) is 16.0. The molecule has 2 aliphatic heterocycles. The second kappa shape index (κ2) is 9.01. The summed E-state index contributed by atoms with van der Waals surface area (Å²) in [5, 5.41) is 1.93. The Hall–Kier alpha value is -3.38. The smallest absolute Gasteiger partial charge is 0.264 e. The number of benzene rings is 3. The van der Waals surface area contributed by atoms with Gasteiger partial charge in [-0.2, -0.15) is 0 Å². The molecule has 2 heterocycles. The first-order valence-electron chi connectivity index (χ1n) is 11.1. The highest BCUT2D eigenvalue weighted by atomic mass is 16.5. The first kappa shape index (κ1) is 20.5. The first-order valence-corrected chi connectivity index (χ1v) is 11.1. The predicted molar refractivity (Wildman–Crippen MR) is 123 cm³/mol. The average molecular weight is 431 g/mol. The lowest BCUT2D eigenvalue weighted by molar-refractivity contribution is -0.120. The zero-order valence-electron chi connectivity index (χ0n) is 18.0. The van der Waals surface area contributed by atoms with Gasteiger partial charge in [-0.25, -0.2) is 0 Å². The van der Waals surface area contributed by atoms with E-state index in [1.54, 1.807) is 9.80 Å². The molecule has 0 N–H and O–H groups in total. The van der Waals surface area contributed by atoms with Crippen LogP contribution in [-0.2, 0) is 16.0 Å². The zero-order valence-corrected chi connectivity index (χ0v) is 18.0. The number of anilines is 1. The summed E-state index contributed by atoms with van der Waals surface area (Å²) in [5.74, 6) is 0.249. The van der Waals surface area contributed by atoms with E-state index in [0.717, 1.165) is 29.3 Å². The Morgan fingerprint density at radius 3 is 2.44 bits per heavy atom. The van der Waals surface area contributed by atoms with Gasteiger partial charge >= 0.3 is 0 Å². The van der Waals surface area contributed by atoms with E-state index in [9.17, 15) is 9.59 Å². The maximum atomic E-state index is 13.3. The maximum Gasteiger partial charge on any atom is 0.264 e. The summed E-state index contributed by atoms with van der Waals surface area (Å²) in [4.78, 5) is 29.9. The van der Waals surface area contributed by atoms with Crippen LogP contribution in [0, 0.1) is 0 Å². The average Bonchev–Trinajstić information content (AvgIpc) is 2.86. The lowest BCUT2D eigenvalue weighted by Gasteiger charge is -2.30. The van der Waals surface area contributed by atoms with Crippen molar-refractivity contribution in [1.82, 2.24) is 4.90 Å². The lowest BCUT2D eigenvalue weighted by Crippen LogP contribution is -2.41. The molecule has 0 spiro atoms. The van der Waals surface area contributed by atoms with E-state index in [1.165, 1.54) is 5.56 Å². The van der Waals surface area contributed by atoms with Gasteiger partial charge in [-0.3, -0.25) is 9.59 Å². The fraction of sp³-hybridized carbons (Fsp3) is 0.308. The molecule has 1 saturated heterocycles. The Kier molecular flexibility index (Phi) is 5.77. The molecule has 0 radical (unpaired) electrons. The van der Waals surface area contributed by atoms with Crippen molar-refractivity contribution in [1.29, 1.82) is 0 Å². The number of ether oxygens (including phenoxy) is 2. The number of fused-ring (bicyclic) bond motifs is 2. The maximum absolute atomic E-state index is 13.3. The van der Waals surface area contributed by atoms with Crippen LogP contribution in [0.1, 0.15) is 22.3 Å². The van der Waals surface area contributed by atoms with Crippen molar-refractivity contribution in [3.63, 3.8) is 0 Å². The molecule has 6 nitrogen and oxygen atoms in total. The molecule has 32 heavy (non-hydrogen) atoms. The number of amides is 2. The van der Waals surface area contributed by atoms with Crippen LogP contribution in [0.15, 0.2) is 60.7 Å². The minimum absolute atomic E-state index is 0.0928. The molecule has 0 unspecified atom stereocenters. The summed E-state index contributed by atoms with van der Waals surface area (Å²) < 4.78 is 11.4.